The molecule has 0 atom stereocenters. The first-order valence-electron chi connectivity index (χ1n) is 3.38. The van der Waals surface area contributed by atoms with Gasteiger partial charge in [-0.3, -0.25) is 10.0 Å². The van der Waals surface area contributed by atoms with Gasteiger partial charge in [-0.1, -0.05) is 6.08 Å². The third-order valence-electron chi connectivity index (χ3n) is 1.33. The average molecular weight is 139 g/mol. The van der Waals surface area contributed by atoms with Crippen LogP contribution in [0.1, 0.15) is 6.42 Å². The van der Waals surface area contributed by atoms with E-state index in [0.29, 0.717) is 0 Å². The molecule has 0 amide bonds. The van der Waals surface area contributed by atoms with Crippen molar-refractivity contribution < 1.29 is 0 Å². The summed E-state index contributed by atoms with van der Waals surface area (Å²) in [6.07, 6.45) is 6.89. The predicted molar refractivity (Wildman–Crippen MR) is 41.6 cm³/mol. The topological polar surface area (TPSA) is 18.5 Å². The lowest BCUT2D eigenvalue weighted by Gasteiger charge is -2.18. The van der Waals surface area contributed by atoms with Crippen molar-refractivity contribution in [3.05, 3.63) is 25.1 Å². The maximum atomic E-state index is 3.65. The Morgan fingerprint density at radius 3 is 2.90 bits per heavy atom. The first-order chi connectivity index (χ1) is 4.83. The molecule has 0 saturated carbocycles. The van der Waals surface area contributed by atoms with Crippen molar-refractivity contribution in [2.24, 2.45) is 0 Å². The predicted octanol–water partition coefficient (Wildman–Crippen LogP) is 0.701. The lowest BCUT2D eigenvalue weighted by Crippen LogP contribution is -2.37. The van der Waals surface area contributed by atoms with Gasteiger partial charge in [0.05, 0.1) is 0 Å². The Balaban J connectivity index is 2.19. The van der Waals surface area contributed by atoms with Gasteiger partial charge in [0.2, 0.25) is 0 Å². The lowest BCUT2D eigenvalue weighted by molar-refractivity contribution is 0.164. The SMILES string of the molecule is C=CCCN1C=CN(C)N1. The molecule has 3 nitrogen and oxygen atoms in total. The fourth-order valence-electron chi connectivity index (χ4n) is 0.805. The Morgan fingerprint density at radius 2 is 2.40 bits per heavy atom. The van der Waals surface area contributed by atoms with Crippen LogP contribution < -0.4 is 5.53 Å². The van der Waals surface area contributed by atoms with Gasteiger partial charge in [-0.2, -0.15) is 0 Å². The number of rotatable bonds is 3. The van der Waals surface area contributed by atoms with Gasteiger partial charge < -0.3 is 0 Å². The van der Waals surface area contributed by atoms with Crippen molar-refractivity contribution in [2.75, 3.05) is 13.6 Å². The zero-order chi connectivity index (χ0) is 7.40. The van der Waals surface area contributed by atoms with Crippen molar-refractivity contribution in [3.8, 4) is 0 Å². The van der Waals surface area contributed by atoms with Gasteiger partial charge in [-0.15, -0.1) is 12.1 Å². The molecular weight excluding hydrogens is 126 g/mol. The molecule has 0 unspecified atom stereocenters. The van der Waals surface area contributed by atoms with Crippen LogP contribution in [0, 0.1) is 0 Å². The van der Waals surface area contributed by atoms with Gasteiger partial charge in [0.15, 0.2) is 0 Å². The van der Waals surface area contributed by atoms with Gasteiger partial charge in [0, 0.05) is 26.0 Å². The molecule has 0 spiro atoms. The fraction of sp³-hybridized carbons (Fsp3) is 0.429. The molecular formula is C7H13N3. The van der Waals surface area contributed by atoms with E-state index in [1.807, 2.05) is 35.5 Å². The van der Waals surface area contributed by atoms with Crippen LogP contribution in [0.4, 0.5) is 0 Å². The normalized spacial score (nSPS) is 16.5. The first-order valence-corrected chi connectivity index (χ1v) is 3.38. The molecule has 0 aromatic rings. The highest BCUT2D eigenvalue weighted by Crippen LogP contribution is 1.97. The van der Waals surface area contributed by atoms with Crippen LogP contribution in [0.3, 0.4) is 0 Å². The number of nitrogens with one attached hydrogen (secondary N) is 1. The minimum Gasteiger partial charge on any atom is -0.300 e. The zero-order valence-electron chi connectivity index (χ0n) is 6.25. The van der Waals surface area contributed by atoms with Gasteiger partial charge >= 0.3 is 0 Å². The smallest absolute Gasteiger partial charge is 0.0390 e. The van der Waals surface area contributed by atoms with Crippen LogP contribution in [0.5, 0.6) is 0 Å². The standard InChI is InChI=1S/C7H13N3/c1-3-4-5-10-7-6-9(2)8-10/h3,6-8H,1,4-5H2,2H3. The average Bonchev–Trinajstić information content (AvgIpc) is 2.31. The van der Waals surface area contributed by atoms with E-state index in [1.165, 1.54) is 0 Å². The Morgan fingerprint density at radius 1 is 1.60 bits per heavy atom. The maximum absolute atomic E-state index is 3.65. The molecule has 0 aromatic carbocycles. The van der Waals surface area contributed by atoms with Crippen LogP contribution in [0.25, 0.3) is 0 Å². The van der Waals surface area contributed by atoms with Crippen LogP contribution >= 0.6 is 0 Å². The molecule has 3 heteroatoms. The number of nitrogens with zero attached hydrogens (tertiary/aromatic N) is 2. The summed E-state index contributed by atoms with van der Waals surface area (Å²) in [5.74, 6) is 0. The van der Waals surface area contributed by atoms with Crippen LogP contribution in [0.15, 0.2) is 25.1 Å². The molecule has 0 bridgehead atoms. The van der Waals surface area contributed by atoms with Gasteiger partial charge in [0.25, 0.3) is 0 Å². The third-order valence-corrected chi connectivity index (χ3v) is 1.33. The van der Waals surface area contributed by atoms with E-state index in [1.54, 1.807) is 0 Å². The molecule has 0 saturated heterocycles. The molecule has 1 aliphatic rings. The maximum Gasteiger partial charge on any atom is 0.0390 e. The fourth-order valence-corrected chi connectivity index (χ4v) is 0.805. The number of hydrogen-bond acceptors (Lipinski definition) is 3. The number of hydrazine groups is 2. The van der Waals surface area contributed by atoms with Crippen molar-refractivity contribution >= 4 is 0 Å². The molecule has 10 heavy (non-hydrogen) atoms. The summed E-state index contributed by atoms with van der Waals surface area (Å²) in [6.45, 7) is 4.63. The quantitative estimate of drug-likeness (QED) is 0.581. The van der Waals surface area contributed by atoms with E-state index >= 15 is 0 Å². The Bertz CT molecular complexity index is 142. The first kappa shape index (κ1) is 7.15. The number of hydrogen-bond donors (Lipinski definition) is 1. The van der Waals surface area contributed by atoms with Gasteiger partial charge in [-0.25, -0.2) is 0 Å². The van der Waals surface area contributed by atoms with Crippen LogP contribution in [-0.2, 0) is 0 Å². The van der Waals surface area contributed by atoms with E-state index in [0.717, 1.165) is 13.0 Å². The summed E-state index contributed by atoms with van der Waals surface area (Å²) >= 11 is 0. The summed E-state index contributed by atoms with van der Waals surface area (Å²) < 4.78 is 0. The molecule has 1 rings (SSSR count). The van der Waals surface area contributed by atoms with Crippen molar-refractivity contribution in [1.29, 1.82) is 0 Å². The van der Waals surface area contributed by atoms with E-state index in [9.17, 15) is 0 Å². The highest BCUT2D eigenvalue weighted by atomic mass is 15.8. The molecule has 1 aliphatic heterocycles. The summed E-state index contributed by atoms with van der Waals surface area (Å²) in [5, 5.41) is 3.92. The van der Waals surface area contributed by atoms with Crippen LogP contribution in [0.2, 0.25) is 0 Å². The van der Waals surface area contributed by atoms with E-state index in [2.05, 4.69) is 12.1 Å². The zero-order valence-corrected chi connectivity index (χ0v) is 6.25. The van der Waals surface area contributed by atoms with E-state index in [-0.39, 0.29) is 0 Å². The highest BCUT2D eigenvalue weighted by Gasteiger charge is 2.04. The Hall–Kier alpha value is -0.960. The van der Waals surface area contributed by atoms with E-state index in [4.69, 9.17) is 0 Å². The molecule has 1 heterocycles. The molecule has 56 valence electrons. The van der Waals surface area contributed by atoms with Crippen molar-refractivity contribution in [1.82, 2.24) is 15.6 Å². The second kappa shape index (κ2) is 3.27. The van der Waals surface area contributed by atoms with E-state index < -0.39 is 0 Å². The van der Waals surface area contributed by atoms with Crippen molar-refractivity contribution in [3.63, 3.8) is 0 Å². The lowest BCUT2D eigenvalue weighted by atomic mass is 10.4. The summed E-state index contributed by atoms with van der Waals surface area (Å²) in [5.41, 5.74) is 3.10. The van der Waals surface area contributed by atoms with Crippen LogP contribution in [-0.4, -0.2) is 23.6 Å². The van der Waals surface area contributed by atoms with Gasteiger partial charge in [-0.05, 0) is 6.42 Å². The molecule has 0 aromatic heterocycles. The summed E-state index contributed by atoms with van der Waals surface area (Å²) in [6, 6.07) is 0. The highest BCUT2D eigenvalue weighted by molar-refractivity contribution is 4.84. The minimum atomic E-state index is 0.977. The second-order valence-electron chi connectivity index (χ2n) is 2.28. The molecule has 1 N–H and O–H groups in total. The van der Waals surface area contributed by atoms with Gasteiger partial charge in [0.1, 0.15) is 0 Å². The monoisotopic (exact) mass is 139 g/mol. The molecule has 0 fully saturated rings. The minimum absolute atomic E-state index is 0.977. The second-order valence-corrected chi connectivity index (χ2v) is 2.28. The summed E-state index contributed by atoms with van der Waals surface area (Å²) in [7, 11) is 1.96. The third kappa shape index (κ3) is 1.77. The Kier molecular flexibility index (Phi) is 2.34. The molecule has 0 radical (unpaired) electrons. The summed E-state index contributed by atoms with van der Waals surface area (Å²) in [4.78, 5) is 0. The van der Waals surface area contributed by atoms with Crippen molar-refractivity contribution in [2.45, 2.75) is 6.42 Å². The molecule has 0 aliphatic carbocycles. The largest absolute Gasteiger partial charge is 0.300 e. The Labute approximate surface area is 61.6 Å².